The lowest BCUT2D eigenvalue weighted by atomic mass is 10.1. The lowest BCUT2D eigenvalue weighted by Gasteiger charge is -2.05. The number of nitro benzene ring substituents is 1. The van der Waals surface area contributed by atoms with Gasteiger partial charge in [-0.2, -0.15) is 5.10 Å². The van der Waals surface area contributed by atoms with Crippen LogP contribution in [0.15, 0.2) is 30.6 Å². The van der Waals surface area contributed by atoms with E-state index in [0.717, 1.165) is 6.07 Å². The molecule has 0 bridgehead atoms. The van der Waals surface area contributed by atoms with Crippen molar-refractivity contribution in [1.29, 1.82) is 0 Å². The van der Waals surface area contributed by atoms with Crippen LogP contribution in [0.5, 0.6) is 0 Å². The highest BCUT2D eigenvalue weighted by molar-refractivity contribution is 6.05. The zero-order chi connectivity index (χ0) is 15.4. The number of carbonyl (C=O) groups excluding carboxylic acids is 1. The molecule has 0 radical (unpaired) electrons. The molecule has 9 nitrogen and oxygen atoms in total. The Balaban J connectivity index is 2.22. The molecule has 1 aromatic carbocycles. The van der Waals surface area contributed by atoms with Crippen LogP contribution in [0.4, 0.5) is 17.1 Å². The van der Waals surface area contributed by atoms with Crippen molar-refractivity contribution in [3.8, 4) is 0 Å². The van der Waals surface area contributed by atoms with Crippen molar-refractivity contribution in [3.63, 3.8) is 0 Å². The standard InChI is InChI=1S/C12H14N6O3/c1-2-17-7-9(6-14-17)15-12(19)8-3-4-10(16-13)11(5-8)18(20)21/h3-7,16H,2,13H2,1H3,(H,15,19). The van der Waals surface area contributed by atoms with E-state index in [1.54, 1.807) is 10.9 Å². The first-order valence-corrected chi connectivity index (χ1v) is 6.14. The van der Waals surface area contributed by atoms with Gasteiger partial charge in [-0.25, -0.2) is 0 Å². The smallest absolute Gasteiger partial charge is 0.294 e. The van der Waals surface area contributed by atoms with E-state index in [0.29, 0.717) is 12.2 Å². The Labute approximate surface area is 119 Å². The quantitative estimate of drug-likeness (QED) is 0.433. The fourth-order valence-corrected chi connectivity index (χ4v) is 1.75. The summed E-state index contributed by atoms with van der Waals surface area (Å²) >= 11 is 0. The summed E-state index contributed by atoms with van der Waals surface area (Å²) in [6, 6.07) is 3.99. The summed E-state index contributed by atoms with van der Waals surface area (Å²) in [5, 5.41) is 17.6. The van der Waals surface area contributed by atoms with E-state index in [9.17, 15) is 14.9 Å². The Kier molecular flexibility index (Phi) is 4.14. The summed E-state index contributed by atoms with van der Waals surface area (Å²) in [7, 11) is 0. The zero-order valence-electron chi connectivity index (χ0n) is 11.2. The van der Waals surface area contributed by atoms with E-state index in [4.69, 9.17) is 5.84 Å². The Morgan fingerprint density at radius 2 is 2.29 bits per heavy atom. The van der Waals surface area contributed by atoms with Gasteiger partial charge < -0.3 is 10.7 Å². The number of nitrogens with one attached hydrogen (secondary N) is 2. The predicted octanol–water partition coefficient (Wildman–Crippen LogP) is 1.35. The summed E-state index contributed by atoms with van der Waals surface area (Å²) in [4.78, 5) is 22.4. The van der Waals surface area contributed by atoms with Crippen LogP contribution in [0.3, 0.4) is 0 Å². The van der Waals surface area contributed by atoms with Crippen molar-refractivity contribution in [2.45, 2.75) is 13.5 Å². The van der Waals surface area contributed by atoms with Gasteiger partial charge in [0.15, 0.2) is 0 Å². The second-order valence-electron chi connectivity index (χ2n) is 4.17. The summed E-state index contributed by atoms with van der Waals surface area (Å²) in [6.07, 6.45) is 3.17. The van der Waals surface area contributed by atoms with Gasteiger partial charge in [0.1, 0.15) is 5.69 Å². The molecule has 0 aliphatic carbocycles. The van der Waals surface area contributed by atoms with E-state index in [2.05, 4.69) is 15.8 Å². The average molecular weight is 290 g/mol. The van der Waals surface area contributed by atoms with Gasteiger partial charge in [-0.3, -0.25) is 25.4 Å². The molecule has 0 saturated heterocycles. The number of rotatable bonds is 5. The number of carbonyl (C=O) groups is 1. The third-order valence-corrected chi connectivity index (χ3v) is 2.83. The SMILES string of the molecule is CCn1cc(NC(=O)c2ccc(NN)c([N+](=O)[O-])c2)cn1. The zero-order valence-corrected chi connectivity index (χ0v) is 11.2. The first-order chi connectivity index (χ1) is 10.0. The highest BCUT2D eigenvalue weighted by Gasteiger charge is 2.17. The Hall–Kier alpha value is -2.94. The van der Waals surface area contributed by atoms with Crippen LogP contribution in [-0.2, 0) is 6.54 Å². The van der Waals surface area contributed by atoms with Gasteiger partial charge in [-0.05, 0) is 19.1 Å². The molecule has 0 aliphatic rings. The van der Waals surface area contributed by atoms with Crippen LogP contribution in [0, 0.1) is 10.1 Å². The molecule has 9 heteroatoms. The van der Waals surface area contributed by atoms with E-state index in [-0.39, 0.29) is 16.9 Å². The molecule has 110 valence electrons. The van der Waals surface area contributed by atoms with Gasteiger partial charge in [0, 0.05) is 24.4 Å². The topological polar surface area (TPSA) is 128 Å². The van der Waals surface area contributed by atoms with Gasteiger partial charge in [0.25, 0.3) is 11.6 Å². The van der Waals surface area contributed by atoms with Gasteiger partial charge in [-0.1, -0.05) is 0 Å². The van der Waals surface area contributed by atoms with Crippen LogP contribution in [0.2, 0.25) is 0 Å². The third kappa shape index (κ3) is 3.15. The maximum absolute atomic E-state index is 12.1. The number of nitrogens with zero attached hydrogens (tertiary/aromatic N) is 3. The Morgan fingerprint density at radius 1 is 1.52 bits per heavy atom. The van der Waals surface area contributed by atoms with Gasteiger partial charge >= 0.3 is 0 Å². The van der Waals surface area contributed by atoms with Crippen molar-refractivity contribution in [2.24, 2.45) is 5.84 Å². The minimum atomic E-state index is -0.610. The number of nitrogen functional groups attached to an aromatic ring is 1. The number of benzene rings is 1. The third-order valence-electron chi connectivity index (χ3n) is 2.83. The number of hydrogen-bond donors (Lipinski definition) is 3. The van der Waals surface area contributed by atoms with E-state index < -0.39 is 10.8 Å². The molecular weight excluding hydrogens is 276 g/mol. The van der Waals surface area contributed by atoms with Gasteiger partial charge in [-0.15, -0.1) is 0 Å². The molecule has 0 aliphatic heterocycles. The number of aromatic nitrogens is 2. The van der Waals surface area contributed by atoms with Crippen molar-refractivity contribution in [1.82, 2.24) is 9.78 Å². The Bertz CT molecular complexity index is 681. The van der Waals surface area contributed by atoms with Crippen LogP contribution < -0.4 is 16.6 Å². The number of hydrogen-bond acceptors (Lipinski definition) is 6. The minimum Gasteiger partial charge on any atom is -0.319 e. The van der Waals surface area contributed by atoms with Crippen molar-refractivity contribution >= 4 is 23.0 Å². The first kappa shape index (κ1) is 14.5. The van der Waals surface area contributed by atoms with E-state index in [1.165, 1.54) is 18.3 Å². The van der Waals surface area contributed by atoms with Crippen molar-refractivity contribution in [2.75, 3.05) is 10.7 Å². The van der Waals surface area contributed by atoms with Gasteiger partial charge in [0.05, 0.1) is 16.8 Å². The number of hydrazine groups is 1. The highest BCUT2D eigenvalue weighted by Crippen LogP contribution is 2.25. The average Bonchev–Trinajstić information content (AvgIpc) is 2.94. The van der Waals surface area contributed by atoms with Crippen LogP contribution in [0.25, 0.3) is 0 Å². The Morgan fingerprint density at radius 3 is 2.86 bits per heavy atom. The molecule has 1 heterocycles. The van der Waals surface area contributed by atoms with Gasteiger partial charge in [0.2, 0.25) is 0 Å². The maximum Gasteiger partial charge on any atom is 0.294 e. The van der Waals surface area contributed by atoms with Crippen LogP contribution in [-0.4, -0.2) is 20.6 Å². The lowest BCUT2D eigenvalue weighted by molar-refractivity contribution is -0.384. The van der Waals surface area contributed by atoms with Crippen molar-refractivity contribution < 1.29 is 9.72 Å². The molecule has 0 spiro atoms. The van der Waals surface area contributed by atoms with Crippen LogP contribution in [0.1, 0.15) is 17.3 Å². The molecule has 2 rings (SSSR count). The number of amides is 1. The fourth-order valence-electron chi connectivity index (χ4n) is 1.75. The normalized spacial score (nSPS) is 10.2. The van der Waals surface area contributed by atoms with E-state index >= 15 is 0 Å². The minimum absolute atomic E-state index is 0.135. The fraction of sp³-hybridized carbons (Fsp3) is 0.167. The summed E-state index contributed by atoms with van der Waals surface area (Å²) in [5.41, 5.74) is 2.76. The second-order valence-corrected chi connectivity index (χ2v) is 4.17. The highest BCUT2D eigenvalue weighted by atomic mass is 16.6. The molecular formula is C12H14N6O3. The molecule has 4 N–H and O–H groups in total. The number of nitro groups is 1. The molecule has 21 heavy (non-hydrogen) atoms. The predicted molar refractivity (Wildman–Crippen MR) is 76.8 cm³/mol. The van der Waals surface area contributed by atoms with Crippen LogP contribution >= 0.6 is 0 Å². The summed E-state index contributed by atoms with van der Waals surface area (Å²) in [6.45, 7) is 2.60. The first-order valence-electron chi connectivity index (χ1n) is 6.14. The molecule has 0 atom stereocenters. The van der Waals surface area contributed by atoms with E-state index in [1.807, 2.05) is 6.92 Å². The van der Waals surface area contributed by atoms with Crippen molar-refractivity contribution in [3.05, 3.63) is 46.3 Å². The molecule has 2 aromatic rings. The molecule has 0 fully saturated rings. The molecule has 0 unspecified atom stereocenters. The summed E-state index contributed by atoms with van der Waals surface area (Å²) in [5.74, 6) is 4.73. The molecule has 0 saturated carbocycles. The number of aryl methyl sites for hydroxylation is 1. The monoisotopic (exact) mass is 290 g/mol. The number of anilines is 2. The molecule has 1 amide bonds. The summed E-state index contributed by atoms with van der Waals surface area (Å²) < 4.78 is 1.65. The molecule has 1 aromatic heterocycles. The largest absolute Gasteiger partial charge is 0.319 e. The maximum atomic E-state index is 12.1. The second kappa shape index (κ2) is 6.01. The lowest BCUT2D eigenvalue weighted by Crippen LogP contribution is -2.13. The number of nitrogens with two attached hydrogens (primary N) is 1.